The maximum atomic E-state index is 12.3. The number of hydrogen-bond acceptors (Lipinski definition) is 2. The first-order valence-electron chi connectivity index (χ1n) is 5.73. The number of hydrogen-bond donors (Lipinski definition) is 1. The van der Waals surface area contributed by atoms with Gasteiger partial charge in [0.15, 0.2) is 0 Å². The predicted molar refractivity (Wildman–Crippen MR) is 77.7 cm³/mol. The number of carboxylic acids is 1. The molecule has 0 saturated heterocycles. The Kier molecular flexibility index (Phi) is 5.58. The highest BCUT2D eigenvalue weighted by atomic mass is 127. The first-order chi connectivity index (χ1) is 8.45. The highest BCUT2D eigenvalue weighted by molar-refractivity contribution is 14.1. The Balaban J connectivity index is 2.89. The van der Waals surface area contributed by atoms with Gasteiger partial charge in [-0.3, -0.25) is 9.59 Å². The standard InChI is InChI=1S/C13H16INO3/c1-3-15(7-6-12(16)17)13(18)10-8-9(2)4-5-11(10)14/h4-5,8H,3,6-7H2,1-2H3,(H,16,17). The third kappa shape index (κ3) is 3.97. The molecule has 0 aromatic heterocycles. The third-order valence-corrected chi connectivity index (χ3v) is 3.56. The minimum Gasteiger partial charge on any atom is -0.481 e. The largest absolute Gasteiger partial charge is 0.481 e. The van der Waals surface area contributed by atoms with Gasteiger partial charge >= 0.3 is 5.97 Å². The second kappa shape index (κ2) is 6.72. The summed E-state index contributed by atoms with van der Waals surface area (Å²) in [6.45, 7) is 4.54. The third-order valence-electron chi connectivity index (χ3n) is 2.62. The van der Waals surface area contributed by atoms with E-state index in [1.807, 2.05) is 32.0 Å². The molecule has 1 rings (SSSR count). The fraction of sp³-hybridized carbons (Fsp3) is 0.385. The molecule has 0 radical (unpaired) electrons. The molecule has 0 atom stereocenters. The van der Waals surface area contributed by atoms with Gasteiger partial charge in [-0.25, -0.2) is 0 Å². The first kappa shape index (κ1) is 14.9. The Bertz CT molecular complexity index is 460. The quantitative estimate of drug-likeness (QED) is 0.820. The van der Waals surface area contributed by atoms with E-state index in [-0.39, 0.29) is 18.9 Å². The second-order valence-corrected chi connectivity index (χ2v) is 5.17. The van der Waals surface area contributed by atoms with Crippen LogP contribution >= 0.6 is 22.6 Å². The van der Waals surface area contributed by atoms with Gasteiger partial charge in [0.25, 0.3) is 5.91 Å². The van der Waals surface area contributed by atoms with E-state index in [0.717, 1.165) is 9.13 Å². The van der Waals surface area contributed by atoms with Crippen molar-refractivity contribution in [3.05, 3.63) is 32.9 Å². The molecule has 1 amide bonds. The van der Waals surface area contributed by atoms with Crippen LogP contribution in [0.4, 0.5) is 0 Å². The van der Waals surface area contributed by atoms with Crippen LogP contribution in [0.3, 0.4) is 0 Å². The molecular formula is C13H16INO3. The van der Waals surface area contributed by atoms with Crippen molar-refractivity contribution in [2.45, 2.75) is 20.3 Å². The van der Waals surface area contributed by atoms with Crippen molar-refractivity contribution in [3.8, 4) is 0 Å². The topological polar surface area (TPSA) is 57.6 Å². The molecule has 0 spiro atoms. The Morgan fingerprint density at radius 1 is 1.39 bits per heavy atom. The van der Waals surface area contributed by atoms with Crippen molar-refractivity contribution >= 4 is 34.5 Å². The van der Waals surface area contributed by atoms with Crippen molar-refractivity contribution in [2.24, 2.45) is 0 Å². The number of aryl methyl sites for hydroxylation is 1. The molecule has 4 nitrogen and oxygen atoms in total. The fourth-order valence-electron chi connectivity index (χ4n) is 1.61. The van der Waals surface area contributed by atoms with Crippen molar-refractivity contribution < 1.29 is 14.7 Å². The average Bonchev–Trinajstić information content (AvgIpc) is 2.32. The molecule has 0 saturated carbocycles. The molecule has 1 aromatic carbocycles. The summed E-state index contributed by atoms with van der Waals surface area (Å²) >= 11 is 2.12. The van der Waals surface area contributed by atoms with E-state index in [4.69, 9.17) is 5.11 Å². The number of rotatable bonds is 5. The van der Waals surface area contributed by atoms with Gasteiger partial charge < -0.3 is 10.0 Å². The first-order valence-corrected chi connectivity index (χ1v) is 6.80. The van der Waals surface area contributed by atoms with E-state index in [1.165, 1.54) is 0 Å². The van der Waals surface area contributed by atoms with Crippen LogP contribution in [-0.4, -0.2) is 35.0 Å². The summed E-state index contributed by atoms with van der Waals surface area (Å²) in [7, 11) is 0. The predicted octanol–water partition coefficient (Wildman–Crippen LogP) is 2.54. The van der Waals surface area contributed by atoms with Gasteiger partial charge in [0, 0.05) is 16.7 Å². The van der Waals surface area contributed by atoms with Gasteiger partial charge in [-0.15, -0.1) is 0 Å². The summed E-state index contributed by atoms with van der Waals surface area (Å²) in [4.78, 5) is 24.4. The van der Waals surface area contributed by atoms with Crippen LogP contribution in [0, 0.1) is 10.5 Å². The highest BCUT2D eigenvalue weighted by Gasteiger charge is 2.17. The molecule has 0 aliphatic rings. The van der Waals surface area contributed by atoms with Gasteiger partial charge in [0.05, 0.1) is 12.0 Å². The van der Waals surface area contributed by atoms with Gasteiger partial charge in [-0.2, -0.15) is 0 Å². The molecule has 1 N–H and O–H groups in total. The van der Waals surface area contributed by atoms with E-state index >= 15 is 0 Å². The van der Waals surface area contributed by atoms with E-state index in [1.54, 1.807) is 4.90 Å². The van der Waals surface area contributed by atoms with Crippen molar-refractivity contribution in [3.63, 3.8) is 0 Å². The molecule has 0 bridgehead atoms. The van der Waals surface area contributed by atoms with Gasteiger partial charge in [0.2, 0.25) is 0 Å². The number of halogens is 1. The van der Waals surface area contributed by atoms with E-state index in [0.29, 0.717) is 12.1 Å². The lowest BCUT2D eigenvalue weighted by atomic mass is 10.1. The maximum Gasteiger partial charge on any atom is 0.305 e. The SMILES string of the molecule is CCN(CCC(=O)O)C(=O)c1cc(C)ccc1I. The summed E-state index contributed by atoms with van der Waals surface area (Å²) in [5.41, 5.74) is 1.66. The molecule has 98 valence electrons. The molecule has 0 unspecified atom stereocenters. The van der Waals surface area contributed by atoms with Crippen molar-refractivity contribution in [1.82, 2.24) is 4.90 Å². The van der Waals surface area contributed by atoms with E-state index < -0.39 is 5.97 Å². The van der Waals surface area contributed by atoms with Crippen LogP contribution in [0.1, 0.15) is 29.3 Å². The van der Waals surface area contributed by atoms with Crippen LogP contribution in [0.5, 0.6) is 0 Å². The minimum atomic E-state index is -0.889. The molecule has 1 aromatic rings. The molecule has 0 aliphatic carbocycles. The molecule has 0 fully saturated rings. The van der Waals surface area contributed by atoms with Crippen LogP contribution in [0.25, 0.3) is 0 Å². The van der Waals surface area contributed by atoms with Crippen molar-refractivity contribution in [2.75, 3.05) is 13.1 Å². The van der Waals surface area contributed by atoms with E-state index in [9.17, 15) is 9.59 Å². The Labute approximate surface area is 120 Å². The summed E-state index contributed by atoms with van der Waals surface area (Å²) in [6, 6.07) is 5.69. The zero-order valence-corrected chi connectivity index (χ0v) is 12.6. The van der Waals surface area contributed by atoms with Crippen molar-refractivity contribution in [1.29, 1.82) is 0 Å². The number of amides is 1. The zero-order valence-electron chi connectivity index (χ0n) is 10.4. The summed E-state index contributed by atoms with van der Waals surface area (Å²) in [5, 5.41) is 8.67. The summed E-state index contributed by atoms with van der Waals surface area (Å²) in [6.07, 6.45) is -0.0258. The number of carbonyl (C=O) groups excluding carboxylic acids is 1. The number of benzene rings is 1. The zero-order chi connectivity index (χ0) is 13.7. The monoisotopic (exact) mass is 361 g/mol. The van der Waals surface area contributed by atoms with Gasteiger partial charge in [0.1, 0.15) is 0 Å². The Morgan fingerprint density at radius 3 is 2.61 bits per heavy atom. The lowest BCUT2D eigenvalue weighted by molar-refractivity contribution is -0.137. The molecule has 5 heteroatoms. The smallest absolute Gasteiger partial charge is 0.305 e. The molecular weight excluding hydrogens is 345 g/mol. The lowest BCUT2D eigenvalue weighted by Gasteiger charge is -2.20. The van der Waals surface area contributed by atoms with Crippen LogP contribution < -0.4 is 0 Å². The number of aliphatic carboxylic acids is 1. The molecule has 18 heavy (non-hydrogen) atoms. The van der Waals surface area contributed by atoms with Crippen LogP contribution in [0.15, 0.2) is 18.2 Å². The van der Waals surface area contributed by atoms with Gasteiger partial charge in [-0.1, -0.05) is 11.6 Å². The fourth-order valence-corrected chi connectivity index (χ4v) is 2.17. The summed E-state index contributed by atoms with van der Waals surface area (Å²) in [5.74, 6) is -0.993. The lowest BCUT2D eigenvalue weighted by Crippen LogP contribution is -2.33. The minimum absolute atomic E-state index is 0.0258. The Hall–Kier alpha value is -1.11. The van der Waals surface area contributed by atoms with E-state index in [2.05, 4.69) is 22.6 Å². The second-order valence-electron chi connectivity index (χ2n) is 4.01. The highest BCUT2D eigenvalue weighted by Crippen LogP contribution is 2.16. The molecule has 0 aliphatic heterocycles. The average molecular weight is 361 g/mol. The molecule has 0 heterocycles. The van der Waals surface area contributed by atoms with Crippen LogP contribution in [0.2, 0.25) is 0 Å². The maximum absolute atomic E-state index is 12.3. The number of nitrogens with zero attached hydrogens (tertiary/aromatic N) is 1. The van der Waals surface area contributed by atoms with Crippen LogP contribution in [-0.2, 0) is 4.79 Å². The van der Waals surface area contributed by atoms with Gasteiger partial charge in [-0.05, 0) is 48.6 Å². The normalized spacial score (nSPS) is 10.2. The number of carboxylic acid groups (broad SMARTS) is 1. The summed E-state index contributed by atoms with van der Waals surface area (Å²) < 4.78 is 0.886. The number of carbonyl (C=O) groups is 2. The Morgan fingerprint density at radius 2 is 2.06 bits per heavy atom.